The fraction of sp³-hybridized carbons (Fsp3) is 0.263. The van der Waals surface area contributed by atoms with E-state index in [-0.39, 0.29) is 33.2 Å². The molecule has 7 nitrogen and oxygen atoms in total. The quantitative estimate of drug-likeness (QED) is 0.534. The highest BCUT2D eigenvalue weighted by Crippen LogP contribution is 2.27. The molecule has 160 valence electrons. The minimum atomic E-state index is -3.99. The van der Waals surface area contributed by atoms with E-state index in [4.69, 9.17) is 27.9 Å². The van der Waals surface area contributed by atoms with Crippen molar-refractivity contribution < 1.29 is 17.5 Å². The molecule has 0 fully saturated rings. The van der Waals surface area contributed by atoms with Gasteiger partial charge in [-0.25, -0.2) is 17.5 Å². The van der Waals surface area contributed by atoms with E-state index in [1.807, 2.05) is 6.92 Å². The molecule has 0 aliphatic carbocycles. The molecule has 1 heterocycles. The molecular weight excluding hydrogens is 454 g/mol. The lowest BCUT2D eigenvalue weighted by Gasteiger charge is -2.19. The van der Waals surface area contributed by atoms with Crippen LogP contribution in [0.1, 0.15) is 24.4 Å². The van der Waals surface area contributed by atoms with Crippen LogP contribution in [0.5, 0.6) is 6.01 Å². The molecule has 0 saturated carbocycles. The monoisotopic (exact) mass is 472 g/mol. The van der Waals surface area contributed by atoms with Crippen LogP contribution < -0.4 is 9.46 Å². The highest BCUT2D eigenvalue weighted by Gasteiger charge is 2.27. The summed E-state index contributed by atoms with van der Waals surface area (Å²) in [6, 6.07) is 9.28. The van der Waals surface area contributed by atoms with Crippen molar-refractivity contribution in [1.82, 2.24) is 19.5 Å². The van der Waals surface area contributed by atoms with Gasteiger partial charge in [0, 0.05) is 6.54 Å². The number of aromatic nitrogens is 3. The van der Waals surface area contributed by atoms with Gasteiger partial charge in [0.15, 0.2) is 5.82 Å². The Morgan fingerprint density at radius 2 is 1.83 bits per heavy atom. The van der Waals surface area contributed by atoms with E-state index in [9.17, 15) is 12.8 Å². The number of nitrogens with one attached hydrogen (secondary N) is 1. The predicted octanol–water partition coefficient (Wildman–Crippen LogP) is 4.01. The summed E-state index contributed by atoms with van der Waals surface area (Å²) < 4.78 is 48.9. The van der Waals surface area contributed by atoms with Gasteiger partial charge in [0.05, 0.1) is 28.1 Å². The maximum absolute atomic E-state index is 13.3. The van der Waals surface area contributed by atoms with Crippen LogP contribution in [0.2, 0.25) is 10.0 Å². The number of nitrogens with zero attached hydrogens (tertiary/aromatic N) is 3. The van der Waals surface area contributed by atoms with E-state index < -0.39 is 16.1 Å². The Hall–Kier alpha value is -2.20. The number of ether oxygens (including phenoxy) is 1. The van der Waals surface area contributed by atoms with E-state index in [1.54, 1.807) is 16.7 Å². The molecule has 0 aliphatic heterocycles. The van der Waals surface area contributed by atoms with E-state index in [2.05, 4.69) is 14.9 Å². The minimum absolute atomic E-state index is 0.0458. The van der Waals surface area contributed by atoms with E-state index in [0.717, 1.165) is 0 Å². The van der Waals surface area contributed by atoms with Gasteiger partial charge in [0.2, 0.25) is 10.0 Å². The molecule has 2 aromatic carbocycles. The van der Waals surface area contributed by atoms with Crippen molar-refractivity contribution in [2.45, 2.75) is 30.8 Å². The number of rotatable bonds is 8. The van der Waals surface area contributed by atoms with Crippen LogP contribution in [-0.4, -0.2) is 30.3 Å². The number of hydrogen-bond acceptors (Lipinski definition) is 5. The highest BCUT2D eigenvalue weighted by molar-refractivity contribution is 7.89. The summed E-state index contributed by atoms with van der Waals surface area (Å²) in [4.78, 5) is -0.0458. The van der Waals surface area contributed by atoms with Crippen LogP contribution in [0.15, 0.2) is 47.4 Å². The molecule has 11 heteroatoms. The SMILES string of the molecule is CCn1c(OC)nnc1[C@@H](Cc1ccc(F)cc1)NS(=O)(=O)c1ccc(Cl)c(Cl)c1. The third-order valence-corrected chi connectivity index (χ3v) is 6.62. The van der Waals surface area contributed by atoms with Crippen LogP contribution in [0.3, 0.4) is 0 Å². The second-order valence-corrected chi connectivity index (χ2v) is 8.90. The van der Waals surface area contributed by atoms with Crippen molar-refractivity contribution in [1.29, 1.82) is 0 Å². The summed E-state index contributed by atoms with van der Waals surface area (Å²) in [5, 5.41) is 8.45. The van der Waals surface area contributed by atoms with Crippen molar-refractivity contribution in [3.8, 4) is 6.01 Å². The molecule has 30 heavy (non-hydrogen) atoms. The Labute approximate surface area is 183 Å². The second-order valence-electron chi connectivity index (χ2n) is 6.37. The van der Waals surface area contributed by atoms with Crippen LogP contribution in [0, 0.1) is 5.82 Å². The van der Waals surface area contributed by atoms with Crippen molar-refractivity contribution in [3.05, 3.63) is 69.7 Å². The smallest absolute Gasteiger partial charge is 0.316 e. The maximum atomic E-state index is 13.3. The topological polar surface area (TPSA) is 86.1 Å². The molecule has 0 radical (unpaired) electrons. The summed E-state index contributed by atoms with van der Waals surface area (Å²) in [6.07, 6.45) is 0.211. The molecular formula is C19H19Cl2FN4O3S. The predicted molar refractivity (Wildman–Crippen MR) is 112 cm³/mol. The van der Waals surface area contributed by atoms with Gasteiger partial charge in [0.1, 0.15) is 5.82 Å². The van der Waals surface area contributed by atoms with Gasteiger partial charge < -0.3 is 4.74 Å². The normalized spacial score (nSPS) is 12.7. The number of halogens is 3. The zero-order valence-corrected chi connectivity index (χ0v) is 18.5. The van der Waals surface area contributed by atoms with Crippen molar-refractivity contribution in [3.63, 3.8) is 0 Å². The zero-order valence-electron chi connectivity index (χ0n) is 16.1. The van der Waals surface area contributed by atoms with Gasteiger partial charge >= 0.3 is 6.01 Å². The average molecular weight is 473 g/mol. The third kappa shape index (κ3) is 4.92. The molecule has 0 aliphatic rings. The largest absolute Gasteiger partial charge is 0.467 e. The number of sulfonamides is 1. The first-order valence-electron chi connectivity index (χ1n) is 8.94. The first kappa shape index (κ1) is 22.5. The molecule has 0 unspecified atom stereocenters. The van der Waals surface area contributed by atoms with Crippen LogP contribution in [0.4, 0.5) is 4.39 Å². The van der Waals surface area contributed by atoms with Crippen molar-refractivity contribution in [2.75, 3.05) is 7.11 Å². The van der Waals surface area contributed by atoms with Gasteiger partial charge in [-0.05, 0) is 49.2 Å². The Kier molecular flexibility index (Phi) is 6.97. The molecule has 1 aromatic heterocycles. The summed E-state index contributed by atoms with van der Waals surface area (Å²) in [7, 11) is -2.53. The lowest BCUT2D eigenvalue weighted by atomic mass is 10.1. The number of benzene rings is 2. The Morgan fingerprint density at radius 1 is 1.13 bits per heavy atom. The summed E-state index contributed by atoms with van der Waals surface area (Å²) in [5.41, 5.74) is 0.711. The van der Waals surface area contributed by atoms with Crippen LogP contribution in [-0.2, 0) is 23.0 Å². The molecule has 0 spiro atoms. The summed E-state index contributed by atoms with van der Waals surface area (Å²) in [6.45, 7) is 2.32. The van der Waals surface area contributed by atoms with Gasteiger partial charge in [-0.2, -0.15) is 0 Å². The minimum Gasteiger partial charge on any atom is -0.467 e. The molecule has 0 amide bonds. The highest BCUT2D eigenvalue weighted by atomic mass is 35.5. The summed E-state index contributed by atoms with van der Waals surface area (Å²) in [5.74, 6) is -0.0209. The average Bonchev–Trinajstić information content (AvgIpc) is 3.14. The van der Waals surface area contributed by atoms with Crippen LogP contribution in [0.25, 0.3) is 0 Å². The number of methoxy groups -OCH3 is 1. The van der Waals surface area contributed by atoms with Gasteiger partial charge in [0.25, 0.3) is 0 Å². The molecule has 3 aromatic rings. The van der Waals surface area contributed by atoms with E-state index in [1.165, 1.54) is 37.4 Å². The lowest BCUT2D eigenvalue weighted by molar-refractivity contribution is 0.354. The molecule has 1 N–H and O–H groups in total. The van der Waals surface area contributed by atoms with Crippen molar-refractivity contribution >= 4 is 33.2 Å². The standard InChI is InChI=1S/C19H19Cl2FN4O3S/c1-3-26-18(23-24-19(26)29-2)17(10-12-4-6-13(22)7-5-12)25-30(27,28)14-8-9-15(20)16(21)11-14/h4-9,11,17,25H,3,10H2,1-2H3/t17-/m1/s1. The van der Waals surface area contributed by atoms with E-state index in [0.29, 0.717) is 17.9 Å². The second kappa shape index (κ2) is 9.30. The van der Waals surface area contributed by atoms with Gasteiger partial charge in [-0.1, -0.05) is 40.4 Å². The lowest BCUT2D eigenvalue weighted by Crippen LogP contribution is -2.32. The Morgan fingerprint density at radius 3 is 2.43 bits per heavy atom. The zero-order chi connectivity index (χ0) is 21.9. The van der Waals surface area contributed by atoms with Crippen LogP contribution >= 0.6 is 23.2 Å². The molecule has 3 rings (SSSR count). The maximum Gasteiger partial charge on any atom is 0.316 e. The third-order valence-electron chi connectivity index (χ3n) is 4.41. The van der Waals surface area contributed by atoms with Gasteiger partial charge in [-0.15, -0.1) is 5.10 Å². The van der Waals surface area contributed by atoms with Gasteiger partial charge in [-0.3, -0.25) is 4.57 Å². The molecule has 1 atom stereocenters. The van der Waals surface area contributed by atoms with E-state index >= 15 is 0 Å². The number of hydrogen-bond donors (Lipinski definition) is 1. The first-order valence-corrected chi connectivity index (χ1v) is 11.2. The molecule has 0 saturated heterocycles. The first-order chi connectivity index (χ1) is 14.2. The molecule has 0 bridgehead atoms. The summed E-state index contributed by atoms with van der Waals surface area (Å²) >= 11 is 11.9. The Bertz CT molecular complexity index is 1140. The van der Waals surface area contributed by atoms with Crippen molar-refractivity contribution in [2.24, 2.45) is 0 Å². The fourth-order valence-corrected chi connectivity index (χ4v) is 4.53. The fourth-order valence-electron chi connectivity index (χ4n) is 2.95. The Balaban J connectivity index is 2.01.